The highest BCUT2D eigenvalue weighted by molar-refractivity contribution is 5.76. The Morgan fingerprint density at radius 3 is 2.17 bits per heavy atom. The van der Waals surface area contributed by atoms with Gasteiger partial charge < -0.3 is 10.6 Å². The van der Waals surface area contributed by atoms with E-state index >= 15 is 0 Å². The van der Waals surface area contributed by atoms with Crippen LogP contribution < -0.4 is 10.6 Å². The summed E-state index contributed by atoms with van der Waals surface area (Å²) in [6.07, 6.45) is 2.86. The maximum atomic E-state index is 12.2. The van der Waals surface area contributed by atoms with Crippen LogP contribution in [0.3, 0.4) is 0 Å². The lowest BCUT2D eigenvalue weighted by Gasteiger charge is -2.19. The third-order valence-corrected chi connectivity index (χ3v) is 4.50. The van der Waals surface area contributed by atoms with Crippen LogP contribution in [0.5, 0.6) is 0 Å². The summed E-state index contributed by atoms with van der Waals surface area (Å²) in [7, 11) is 0. The zero-order chi connectivity index (χ0) is 15.9. The smallest absolute Gasteiger partial charge is 0.221 e. The second kappa shape index (κ2) is 7.93. The Morgan fingerprint density at radius 1 is 1.04 bits per heavy atom. The second-order valence-electron chi connectivity index (χ2n) is 6.18. The van der Waals surface area contributed by atoms with Crippen LogP contribution in [0.2, 0.25) is 0 Å². The van der Waals surface area contributed by atoms with Gasteiger partial charge in [-0.25, -0.2) is 0 Å². The van der Waals surface area contributed by atoms with E-state index in [4.69, 9.17) is 0 Å². The third-order valence-electron chi connectivity index (χ3n) is 4.50. The van der Waals surface area contributed by atoms with Crippen molar-refractivity contribution in [3.05, 3.63) is 71.8 Å². The van der Waals surface area contributed by atoms with Crippen molar-refractivity contribution in [3.63, 3.8) is 0 Å². The van der Waals surface area contributed by atoms with Gasteiger partial charge in [0.25, 0.3) is 0 Å². The molecule has 1 fully saturated rings. The number of nitrogens with one attached hydrogen (secondary N) is 2. The van der Waals surface area contributed by atoms with Crippen LogP contribution in [0.15, 0.2) is 60.7 Å². The molecule has 2 aromatic carbocycles. The predicted molar refractivity (Wildman–Crippen MR) is 93.4 cm³/mol. The molecule has 0 bridgehead atoms. The molecule has 3 heteroatoms. The number of carbonyl (C=O) groups is 1. The zero-order valence-corrected chi connectivity index (χ0v) is 13.4. The summed E-state index contributed by atoms with van der Waals surface area (Å²) in [5, 5.41) is 6.51. The minimum Gasteiger partial charge on any atom is -0.355 e. The molecule has 0 aromatic heterocycles. The van der Waals surface area contributed by atoms with E-state index in [2.05, 4.69) is 59.2 Å². The standard InChI is InChI=1S/C20H24N2O/c23-20(14-18-12-7-13-21-18)22-15-19(16-8-3-1-4-9-16)17-10-5-2-6-11-17/h1-6,8-11,18-19,21H,7,12-15H2,(H,22,23). The number of benzene rings is 2. The molecule has 2 N–H and O–H groups in total. The maximum absolute atomic E-state index is 12.2. The van der Waals surface area contributed by atoms with Gasteiger partial charge >= 0.3 is 0 Å². The lowest BCUT2D eigenvalue weighted by atomic mass is 9.91. The molecule has 1 atom stereocenters. The van der Waals surface area contributed by atoms with E-state index in [0.717, 1.165) is 13.0 Å². The maximum Gasteiger partial charge on any atom is 0.221 e. The first-order valence-electron chi connectivity index (χ1n) is 8.43. The highest BCUT2D eigenvalue weighted by atomic mass is 16.1. The summed E-state index contributed by atoms with van der Waals surface area (Å²) < 4.78 is 0. The van der Waals surface area contributed by atoms with E-state index < -0.39 is 0 Å². The molecular weight excluding hydrogens is 284 g/mol. The molecule has 1 unspecified atom stereocenters. The van der Waals surface area contributed by atoms with Crippen molar-refractivity contribution < 1.29 is 4.79 Å². The largest absolute Gasteiger partial charge is 0.355 e. The fourth-order valence-electron chi connectivity index (χ4n) is 3.24. The van der Waals surface area contributed by atoms with Crippen molar-refractivity contribution in [1.82, 2.24) is 10.6 Å². The average Bonchev–Trinajstić information content (AvgIpc) is 3.10. The van der Waals surface area contributed by atoms with Crippen LogP contribution in [0, 0.1) is 0 Å². The molecule has 0 spiro atoms. The average molecular weight is 308 g/mol. The summed E-state index contributed by atoms with van der Waals surface area (Å²) in [6.45, 7) is 1.67. The Balaban J connectivity index is 1.65. The molecule has 3 nitrogen and oxygen atoms in total. The molecule has 1 heterocycles. The highest BCUT2D eigenvalue weighted by Gasteiger charge is 2.19. The van der Waals surface area contributed by atoms with Crippen molar-refractivity contribution in [1.29, 1.82) is 0 Å². The minimum absolute atomic E-state index is 0.140. The number of carbonyl (C=O) groups excluding carboxylic acids is 1. The molecular formula is C20H24N2O. The minimum atomic E-state index is 0.140. The molecule has 3 rings (SSSR count). The van der Waals surface area contributed by atoms with Gasteiger partial charge in [0.1, 0.15) is 0 Å². The van der Waals surface area contributed by atoms with E-state index in [1.54, 1.807) is 0 Å². The van der Waals surface area contributed by atoms with Crippen molar-refractivity contribution in [2.24, 2.45) is 0 Å². The Hall–Kier alpha value is -2.13. The van der Waals surface area contributed by atoms with Gasteiger partial charge in [0, 0.05) is 24.9 Å². The van der Waals surface area contributed by atoms with Gasteiger partial charge in [-0.2, -0.15) is 0 Å². The Morgan fingerprint density at radius 2 is 1.65 bits per heavy atom. The van der Waals surface area contributed by atoms with Gasteiger partial charge in [-0.1, -0.05) is 60.7 Å². The van der Waals surface area contributed by atoms with Crippen LogP contribution in [0.4, 0.5) is 0 Å². The van der Waals surface area contributed by atoms with Crippen molar-refractivity contribution in [2.45, 2.75) is 31.2 Å². The summed E-state index contributed by atoms with van der Waals surface area (Å²) in [4.78, 5) is 12.2. The Kier molecular flexibility index (Phi) is 5.43. The van der Waals surface area contributed by atoms with Gasteiger partial charge in [-0.15, -0.1) is 0 Å². The molecule has 120 valence electrons. The zero-order valence-electron chi connectivity index (χ0n) is 13.4. The van der Waals surface area contributed by atoms with Gasteiger partial charge in [-0.05, 0) is 30.5 Å². The summed E-state index contributed by atoms with van der Waals surface area (Å²) in [5.41, 5.74) is 2.47. The van der Waals surface area contributed by atoms with E-state index in [1.807, 2.05) is 12.1 Å². The quantitative estimate of drug-likeness (QED) is 0.861. The van der Waals surface area contributed by atoms with Gasteiger partial charge in [0.15, 0.2) is 0 Å². The van der Waals surface area contributed by atoms with Gasteiger partial charge in [-0.3, -0.25) is 4.79 Å². The number of rotatable bonds is 6. The van der Waals surface area contributed by atoms with E-state index in [0.29, 0.717) is 19.0 Å². The van der Waals surface area contributed by atoms with Crippen molar-refractivity contribution in [3.8, 4) is 0 Å². The number of hydrogen-bond acceptors (Lipinski definition) is 2. The third kappa shape index (κ3) is 4.42. The first-order chi connectivity index (χ1) is 11.3. The van der Waals surface area contributed by atoms with Crippen LogP contribution in [0.25, 0.3) is 0 Å². The van der Waals surface area contributed by atoms with E-state index in [9.17, 15) is 4.79 Å². The normalized spacial score (nSPS) is 17.3. The lowest BCUT2D eigenvalue weighted by molar-refractivity contribution is -0.121. The monoisotopic (exact) mass is 308 g/mol. The topological polar surface area (TPSA) is 41.1 Å². The van der Waals surface area contributed by atoms with E-state index in [-0.39, 0.29) is 11.8 Å². The first kappa shape index (κ1) is 15.8. The fraction of sp³-hybridized carbons (Fsp3) is 0.350. The number of amides is 1. The van der Waals surface area contributed by atoms with Crippen LogP contribution in [-0.4, -0.2) is 25.0 Å². The molecule has 1 aliphatic heterocycles. The van der Waals surface area contributed by atoms with Crippen molar-refractivity contribution in [2.75, 3.05) is 13.1 Å². The molecule has 0 saturated carbocycles. The fourth-order valence-corrected chi connectivity index (χ4v) is 3.24. The van der Waals surface area contributed by atoms with Gasteiger partial charge in [0.05, 0.1) is 0 Å². The number of hydrogen-bond donors (Lipinski definition) is 2. The van der Waals surface area contributed by atoms with Gasteiger partial charge in [0.2, 0.25) is 5.91 Å². The molecule has 0 radical (unpaired) electrons. The molecule has 2 aromatic rings. The second-order valence-corrected chi connectivity index (χ2v) is 6.18. The molecule has 0 aliphatic carbocycles. The summed E-state index contributed by atoms with van der Waals surface area (Å²) >= 11 is 0. The molecule has 23 heavy (non-hydrogen) atoms. The highest BCUT2D eigenvalue weighted by Crippen LogP contribution is 2.23. The van der Waals surface area contributed by atoms with Crippen LogP contribution in [-0.2, 0) is 4.79 Å². The Labute approximate surface area is 138 Å². The van der Waals surface area contributed by atoms with Crippen molar-refractivity contribution >= 4 is 5.91 Å². The molecule has 1 saturated heterocycles. The Bertz CT molecular complexity index is 567. The summed E-state index contributed by atoms with van der Waals surface area (Å²) in [6, 6.07) is 21.1. The van der Waals surface area contributed by atoms with Crippen LogP contribution in [0.1, 0.15) is 36.3 Å². The summed E-state index contributed by atoms with van der Waals surface area (Å²) in [5.74, 6) is 0.333. The predicted octanol–water partition coefficient (Wildman–Crippen LogP) is 3.08. The first-order valence-corrected chi connectivity index (χ1v) is 8.43. The van der Waals surface area contributed by atoms with Crippen LogP contribution >= 0.6 is 0 Å². The SMILES string of the molecule is O=C(CC1CCCN1)NCC(c1ccccc1)c1ccccc1. The molecule has 1 amide bonds. The molecule has 1 aliphatic rings. The van der Waals surface area contributed by atoms with E-state index in [1.165, 1.54) is 17.5 Å². The lowest BCUT2D eigenvalue weighted by Crippen LogP contribution is -2.34.